The summed E-state index contributed by atoms with van der Waals surface area (Å²) in [6.07, 6.45) is 0. The molecule has 0 amide bonds. The smallest absolute Gasteiger partial charge is 0.0595 e. The fourth-order valence-electron chi connectivity index (χ4n) is 1.70. The van der Waals surface area contributed by atoms with Crippen LogP contribution in [-0.4, -0.2) is 13.6 Å². The minimum atomic E-state index is 0.477. The third kappa shape index (κ3) is 3.37. The third-order valence-electron chi connectivity index (χ3n) is 2.60. The highest BCUT2D eigenvalue weighted by Crippen LogP contribution is 2.29. The predicted molar refractivity (Wildman–Crippen MR) is 68.0 cm³/mol. The number of nitrogens with one attached hydrogen (secondary N) is 1. The van der Waals surface area contributed by atoms with E-state index in [9.17, 15) is 0 Å². The summed E-state index contributed by atoms with van der Waals surface area (Å²) in [5.41, 5.74) is 1.24. The van der Waals surface area contributed by atoms with Crippen LogP contribution in [0.25, 0.3) is 0 Å². The number of hydrogen-bond donors (Lipinski definition) is 1. The van der Waals surface area contributed by atoms with E-state index >= 15 is 0 Å². The Bertz CT molecular complexity index is 323. The lowest BCUT2D eigenvalue weighted by Crippen LogP contribution is -2.21. The van der Waals surface area contributed by atoms with Crippen molar-refractivity contribution in [2.75, 3.05) is 13.6 Å². The summed E-state index contributed by atoms with van der Waals surface area (Å²) in [5.74, 6) is 1.06. The van der Waals surface area contributed by atoms with Crippen molar-refractivity contribution in [1.29, 1.82) is 0 Å². The Morgan fingerprint density at radius 2 is 1.87 bits per heavy atom. The maximum atomic E-state index is 6.01. The van der Waals surface area contributed by atoms with Crippen molar-refractivity contribution in [3.63, 3.8) is 0 Å². The average Bonchev–Trinajstić information content (AvgIpc) is 2.18. The summed E-state index contributed by atoms with van der Waals surface area (Å²) in [6, 6.07) is 5.88. The molecule has 0 aromatic heterocycles. The minimum absolute atomic E-state index is 0.477. The first-order valence-corrected chi connectivity index (χ1v) is 5.91. The van der Waals surface area contributed by atoms with E-state index < -0.39 is 0 Å². The van der Waals surface area contributed by atoms with E-state index in [2.05, 4.69) is 25.2 Å². The Balaban J connectivity index is 2.95. The second kappa shape index (κ2) is 5.74. The van der Waals surface area contributed by atoms with Crippen LogP contribution in [0.15, 0.2) is 18.2 Å². The number of likely N-dealkylation sites (N-methyl/N-ethyl adjacent to an activating group) is 1. The third-order valence-corrected chi connectivity index (χ3v) is 3.34. The normalized spacial score (nSPS) is 13.2. The molecule has 3 heteroatoms. The fraction of sp³-hybridized carbons (Fsp3) is 0.500. The predicted octanol–water partition coefficient (Wildman–Crippen LogP) is 3.95. The van der Waals surface area contributed by atoms with Crippen molar-refractivity contribution in [2.45, 2.75) is 19.8 Å². The van der Waals surface area contributed by atoms with Gasteiger partial charge in [-0.2, -0.15) is 0 Å². The first-order valence-electron chi connectivity index (χ1n) is 5.15. The maximum Gasteiger partial charge on any atom is 0.0595 e. The van der Waals surface area contributed by atoms with Gasteiger partial charge in [0.1, 0.15) is 0 Å². The van der Waals surface area contributed by atoms with E-state index in [0.717, 1.165) is 6.54 Å². The first kappa shape index (κ1) is 12.8. The Morgan fingerprint density at radius 1 is 1.20 bits per heavy atom. The summed E-state index contributed by atoms with van der Waals surface area (Å²) in [6.45, 7) is 5.38. The van der Waals surface area contributed by atoms with Crippen molar-refractivity contribution in [1.82, 2.24) is 5.32 Å². The molecule has 0 radical (unpaired) electrons. The van der Waals surface area contributed by atoms with Crippen LogP contribution >= 0.6 is 23.2 Å². The Morgan fingerprint density at radius 3 is 2.33 bits per heavy atom. The molecule has 1 atom stereocenters. The molecule has 1 nitrogen and oxygen atoms in total. The van der Waals surface area contributed by atoms with Gasteiger partial charge in [-0.25, -0.2) is 0 Å². The molecule has 0 heterocycles. The molecule has 1 aromatic carbocycles. The second-order valence-electron chi connectivity index (χ2n) is 4.08. The van der Waals surface area contributed by atoms with Gasteiger partial charge in [0, 0.05) is 6.54 Å². The van der Waals surface area contributed by atoms with Crippen molar-refractivity contribution in [3.05, 3.63) is 33.8 Å². The molecular formula is C12H17Cl2N. The molecule has 0 fully saturated rings. The molecule has 0 aliphatic carbocycles. The van der Waals surface area contributed by atoms with E-state index in [0.29, 0.717) is 21.9 Å². The van der Waals surface area contributed by atoms with E-state index in [1.54, 1.807) is 0 Å². The van der Waals surface area contributed by atoms with E-state index in [4.69, 9.17) is 23.2 Å². The van der Waals surface area contributed by atoms with Crippen LogP contribution in [-0.2, 0) is 0 Å². The molecular weight excluding hydrogens is 229 g/mol. The van der Waals surface area contributed by atoms with Gasteiger partial charge < -0.3 is 5.32 Å². The van der Waals surface area contributed by atoms with Crippen LogP contribution in [0.3, 0.4) is 0 Å². The van der Waals surface area contributed by atoms with Gasteiger partial charge >= 0.3 is 0 Å². The zero-order valence-electron chi connectivity index (χ0n) is 9.35. The monoisotopic (exact) mass is 245 g/mol. The number of rotatable bonds is 4. The molecule has 0 saturated carbocycles. The molecule has 1 rings (SSSR count). The Labute approximate surface area is 102 Å². The second-order valence-corrected chi connectivity index (χ2v) is 4.90. The van der Waals surface area contributed by atoms with Crippen molar-refractivity contribution in [2.24, 2.45) is 5.92 Å². The topological polar surface area (TPSA) is 12.0 Å². The largest absolute Gasteiger partial charge is 0.319 e. The van der Waals surface area contributed by atoms with Crippen LogP contribution in [0, 0.1) is 5.92 Å². The summed E-state index contributed by atoms with van der Waals surface area (Å²) < 4.78 is 0. The number of benzene rings is 1. The lowest BCUT2D eigenvalue weighted by molar-refractivity contribution is 0.478. The SMILES string of the molecule is CNCC(c1ccc(Cl)c(Cl)c1)C(C)C. The molecule has 1 unspecified atom stereocenters. The summed E-state index contributed by atoms with van der Waals surface area (Å²) in [4.78, 5) is 0. The Kier molecular flexibility index (Phi) is 4.91. The summed E-state index contributed by atoms with van der Waals surface area (Å²) in [7, 11) is 1.97. The van der Waals surface area contributed by atoms with Crippen LogP contribution < -0.4 is 5.32 Å². The molecule has 1 N–H and O–H groups in total. The van der Waals surface area contributed by atoms with Crippen LogP contribution in [0.5, 0.6) is 0 Å². The molecule has 84 valence electrons. The zero-order valence-corrected chi connectivity index (χ0v) is 10.9. The van der Waals surface area contributed by atoms with Crippen molar-refractivity contribution in [3.8, 4) is 0 Å². The summed E-state index contributed by atoms with van der Waals surface area (Å²) >= 11 is 11.9. The first-order chi connectivity index (χ1) is 7.06. The van der Waals surface area contributed by atoms with Gasteiger partial charge in [-0.3, -0.25) is 0 Å². The van der Waals surface area contributed by atoms with E-state index in [-0.39, 0.29) is 0 Å². The highest BCUT2D eigenvalue weighted by atomic mass is 35.5. The van der Waals surface area contributed by atoms with Gasteiger partial charge in [0.2, 0.25) is 0 Å². The van der Waals surface area contributed by atoms with Gasteiger partial charge in [-0.1, -0.05) is 43.1 Å². The zero-order chi connectivity index (χ0) is 11.4. The summed E-state index contributed by atoms with van der Waals surface area (Å²) in [5, 5.41) is 4.46. The van der Waals surface area contributed by atoms with Crippen molar-refractivity contribution < 1.29 is 0 Å². The Hall–Kier alpha value is -0.240. The van der Waals surface area contributed by atoms with Gasteiger partial charge in [0.05, 0.1) is 10.0 Å². The molecule has 1 aromatic rings. The molecule has 0 bridgehead atoms. The van der Waals surface area contributed by atoms with Gasteiger partial charge in [0.15, 0.2) is 0 Å². The van der Waals surface area contributed by atoms with Gasteiger partial charge in [0.25, 0.3) is 0 Å². The lowest BCUT2D eigenvalue weighted by Gasteiger charge is -2.21. The fourth-order valence-corrected chi connectivity index (χ4v) is 2.01. The molecule has 15 heavy (non-hydrogen) atoms. The van der Waals surface area contributed by atoms with E-state index in [1.807, 2.05) is 19.2 Å². The quantitative estimate of drug-likeness (QED) is 0.848. The molecule has 0 aliphatic rings. The number of halogens is 2. The molecule has 0 aliphatic heterocycles. The molecule has 0 spiro atoms. The van der Waals surface area contributed by atoms with E-state index in [1.165, 1.54) is 5.56 Å². The number of hydrogen-bond acceptors (Lipinski definition) is 1. The minimum Gasteiger partial charge on any atom is -0.319 e. The lowest BCUT2D eigenvalue weighted by atomic mass is 9.88. The van der Waals surface area contributed by atoms with Crippen LogP contribution in [0.4, 0.5) is 0 Å². The highest BCUT2D eigenvalue weighted by molar-refractivity contribution is 6.42. The van der Waals surface area contributed by atoms with Crippen LogP contribution in [0.1, 0.15) is 25.3 Å². The van der Waals surface area contributed by atoms with Crippen molar-refractivity contribution >= 4 is 23.2 Å². The average molecular weight is 246 g/mol. The maximum absolute atomic E-state index is 6.01. The highest BCUT2D eigenvalue weighted by Gasteiger charge is 2.15. The molecule has 0 saturated heterocycles. The van der Waals surface area contributed by atoms with Gasteiger partial charge in [-0.15, -0.1) is 0 Å². The standard InChI is InChI=1S/C12H17Cl2N/c1-8(2)10(7-15-3)9-4-5-11(13)12(14)6-9/h4-6,8,10,15H,7H2,1-3H3. The van der Waals surface area contributed by atoms with Crippen LogP contribution in [0.2, 0.25) is 10.0 Å². The van der Waals surface area contributed by atoms with Gasteiger partial charge in [-0.05, 0) is 36.6 Å².